The quantitative estimate of drug-likeness (QED) is 0.640. The zero-order valence-electron chi connectivity index (χ0n) is 8.16. The normalized spacial score (nSPS) is 10.5. The number of allylic oxidation sites excluding steroid dienone is 1. The Bertz CT molecular complexity index is 295. The van der Waals surface area contributed by atoms with Crippen molar-refractivity contribution in [2.75, 3.05) is 0 Å². The van der Waals surface area contributed by atoms with Crippen molar-refractivity contribution in [1.29, 1.82) is 0 Å². The summed E-state index contributed by atoms with van der Waals surface area (Å²) >= 11 is 0. The molecular weight excluding hydrogens is 156 g/mol. The molecule has 0 spiro atoms. The molecule has 0 unspecified atom stereocenters. The fraction of sp³-hybridized carbons (Fsp3) is 0.231. The minimum Gasteiger partial charge on any atom is -0.0985 e. The summed E-state index contributed by atoms with van der Waals surface area (Å²) in [6.45, 7) is 5.93. The zero-order valence-corrected chi connectivity index (χ0v) is 8.16. The Labute approximate surface area is 80.6 Å². The molecule has 0 saturated heterocycles. The van der Waals surface area contributed by atoms with Crippen LogP contribution in [0.5, 0.6) is 0 Å². The molecule has 0 aliphatic carbocycles. The third kappa shape index (κ3) is 3.29. The van der Waals surface area contributed by atoms with Crippen molar-refractivity contribution in [2.45, 2.75) is 19.8 Å². The van der Waals surface area contributed by atoms with Crippen molar-refractivity contribution < 1.29 is 0 Å². The Morgan fingerprint density at radius 3 is 2.77 bits per heavy atom. The molecule has 0 heteroatoms. The van der Waals surface area contributed by atoms with Crippen LogP contribution in [-0.4, -0.2) is 0 Å². The number of hydrogen-bond acceptors (Lipinski definition) is 0. The molecule has 0 fully saturated rings. The Kier molecular flexibility index (Phi) is 4.04. The summed E-state index contributed by atoms with van der Waals surface area (Å²) in [5.41, 5.74) is 2.43. The molecule has 0 saturated carbocycles. The summed E-state index contributed by atoms with van der Waals surface area (Å²) in [6, 6.07) is 8.37. The number of hydrogen-bond donors (Lipinski definition) is 0. The van der Waals surface area contributed by atoms with Gasteiger partial charge < -0.3 is 0 Å². The van der Waals surface area contributed by atoms with E-state index in [0.717, 1.165) is 6.42 Å². The number of rotatable bonds is 4. The van der Waals surface area contributed by atoms with Gasteiger partial charge in [0.25, 0.3) is 0 Å². The molecule has 0 atom stereocenters. The van der Waals surface area contributed by atoms with E-state index < -0.39 is 0 Å². The van der Waals surface area contributed by atoms with Crippen molar-refractivity contribution in [2.24, 2.45) is 0 Å². The van der Waals surface area contributed by atoms with Gasteiger partial charge in [0.2, 0.25) is 0 Å². The van der Waals surface area contributed by atoms with Gasteiger partial charge in [0.15, 0.2) is 0 Å². The number of unbranched alkanes of at least 4 members (excludes halogenated alkanes) is 1. The number of benzene rings is 1. The Balaban J connectivity index is 2.71. The fourth-order valence-corrected chi connectivity index (χ4v) is 1.18. The highest BCUT2D eigenvalue weighted by molar-refractivity contribution is 5.56. The molecule has 0 aromatic heterocycles. The predicted molar refractivity (Wildman–Crippen MR) is 60.5 cm³/mol. The van der Waals surface area contributed by atoms with Gasteiger partial charge in [-0.3, -0.25) is 0 Å². The van der Waals surface area contributed by atoms with E-state index in [2.05, 4.69) is 49.9 Å². The maximum atomic E-state index is 3.74. The molecule has 1 aromatic rings. The molecule has 68 valence electrons. The largest absolute Gasteiger partial charge is 0.0985 e. The Morgan fingerprint density at radius 2 is 2.08 bits per heavy atom. The van der Waals surface area contributed by atoms with Crippen LogP contribution in [0, 0.1) is 0 Å². The lowest BCUT2D eigenvalue weighted by Crippen LogP contribution is -1.74. The highest BCUT2D eigenvalue weighted by atomic mass is 13.9. The SMILES string of the molecule is C=Cc1cccc(C=CCCC)c1. The minimum absolute atomic E-state index is 1.15. The summed E-state index contributed by atoms with van der Waals surface area (Å²) < 4.78 is 0. The van der Waals surface area contributed by atoms with Crippen LogP contribution >= 0.6 is 0 Å². The summed E-state index contributed by atoms with van der Waals surface area (Å²) in [5, 5.41) is 0. The van der Waals surface area contributed by atoms with E-state index in [0.29, 0.717) is 0 Å². The predicted octanol–water partition coefficient (Wildman–Crippen LogP) is 4.14. The third-order valence-electron chi connectivity index (χ3n) is 1.91. The van der Waals surface area contributed by atoms with Gasteiger partial charge in [0.05, 0.1) is 0 Å². The Morgan fingerprint density at radius 1 is 1.31 bits per heavy atom. The van der Waals surface area contributed by atoms with Crippen LogP contribution in [0.15, 0.2) is 36.9 Å². The molecule has 1 rings (SSSR count). The lowest BCUT2D eigenvalue weighted by atomic mass is 10.1. The van der Waals surface area contributed by atoms with Crippen molar-refractivity contribution in [3.8, 4) is 0 Å². The third-order valence-corrected chi connectivity index (χ3v) is 1.91. The van der Waals surface area contributed by atoms with Gasteiger partial charge in [0, 0.05) is 0 Å². The fourth-order valence-electron chi connectivity index (χ4n) is 1.18. The van der Waals surface area contributed by atoms with Crippen LogP contribution < -0.4 is 0 Å². The van der Waals surface area contributed by atoms with Gasteiger partial charge in [-0.1, -0.05) is 56.4 Å². The molecule has 13 heavy (non-hydrogen) atoms. The highest BCUT2D eigenvalue weighted by Crippen LogP contribution is 2.08. The van der Waals surface area contributed by atoms with Gasteiger partial charge >= 0.3 is 0 Å². The van der Waals surface area contributed by atoms with E-state index >= 15 is 0 Å². The first-order valence-corrected chi connectivity index (χ1v) is 4.76. The highest BCUT2D eigenvalue weighted by Gasteiger charge is 1.87. The molecule has 0 aliphatic heterocycles. The standard InChI is InChI=1S/C13H16/c1-3-5-6-8-13-10-7-9-12(4-2)11-13/h4,6-11H,2-3,5H2,1H3. The average Bonchev–Trinajstić information content (AvgIpc) is 2.19. The van der Waals surface area contributed by atoms with Crippen LogP contribution in [0.25, 0.3) is 12.2 Å². The van der Waals surface area contributed by atoms with Crippen LogP contribution in [0.3, 0.4) is 0 Å². The molecule has 0 N–H and O–H groups in total. The maximum absolute atomic E-state index is 3.74. The first-order chi connectivity index (χ1) is 6.36. The molecule has 0 aliphatic rings. The lowest BCUT2D eigenvalue weighted by molar-refractivity contribution is 0.962. The second-order valence-electron chi connectivity index (χ2n) is 3.07. The second kappa shape index (κ2) is 5.36. The lowest BCUT2D eigenvalue weighted by Gasteiger charge is -1.95. The van der Waals surface area contributed by atoms with Gasteiger partial charge in [-0.15, -0.1) is 0 Å². The van der Waals surface area contributed by atoms with Crippen LogP contribution in [-0.2, 0) is 0 Å². The van der Waals surface area contributed by atoms with Crippen molar-refractivity contribution in [3.05, 3.63) is 48.0 Å². The molecule has 0 bridgehead atoms. The summed E-state index contributed by atoms with van der Waals surface area (Å²) in [7, 11) is 0. The second-order valence-corrected chi connectivity index (χ2v) is 3.07. The minimum atomic E-state index is 1.15. The summed E-state index contributed by atoms with van der Waals surface area (Å²) in [6.07, 6.45) is 8.60. The molecule has 0 heterocycles. The van der Waals surface area contributed by atoms with Gasteiger partial charge in [-0.05, 0) is 23.6 Å². The van der Waals surface area contributed by atoms with E-state index in [9.17, 15) is 0 Å². The molecule has 0 amide bonds. The molecule has 0 nitrogen and oxygen atoms in total. The first-order valence-electron chi connectivity index (χ1n) is 4.76. The average molecular weight is 172 g/mol. The van der Waals surface area contributed by atoms with Crippen molar-refractivity contribution >= 4 is 12.2 Å². The van der Waals surface area contributed by atoms with Crippen LogP contribution in [0.1, 0.15) is 30.9 Å². The van der Waals surface area contributed by atoms with E-state index in [1.54, 1.807) is 0 Å². The van der Waals surface area contributed by atoms with Gasteiger partial charge in [-0.25, -0.2) is 0 Å². The van der Waals surface area contributed by atoms with E-state index in [1.807, 2.05) is 6.08 Å². The monoisotopic (exact) mass is 172 g/mol. The zero-order chi connectivity index (χ0) is 9.52. The maximum Gasteiger partial charge on any atom is -0.0254 e. The Hall–Kier alpha value is -1.30. The van der Waals surface area contributed by atoms with E-state index in [4.69, 9.17) is 0 Å². The van der Waals surface area contributed by atoms with Crippen LogP contribution in [0.2, 0.25) is 0 Å². The molecule has 0 radical (unpaired) electrons. The first kappa shape index (κ1) is 9.79. The topological polar surface area (TPSA) is 0 Å². The smallest absolute Gasteiger partial charge is 0.0254 e. The van der Waals surface area contributed by atoms with Crippen molar-refractivity contribution in [1.82, 2.24) is 0 Å². The molecule has 1 aromatic carbocycles. The summed E-state index contributed by atoms with van der Waals surface area (Å²) in [5.74, 6) is 0. The molecular formula is C13H16. The van der Waals surface area contributed by atoms with Gasteiger partial charge in [0.1, 0.15) is 0 Å². The summed E-state index contributed by atoms with van der Waals surface area (Å²) in [4.78, 5) is 0. The van der Waals surface area contributed by atoms with Gasteiger partial charge in [-0.2, -0.15) is 0 Å². The van der Waals surface area contributed by atoms with Crippen molar-refractivity contribution in [3.63, 3.8) is 0 Å². The van der Waals surface area contributed by atoms with E-state index in [-0.39, 0.29) is 0 Å². The van der Waals surface area contributed by atoms with E-state index in [1.165, 1.54) is 17.5 Å². The van der Waals surface area contributed by atoms with Crippen LogP contribution in [0.4, 0.5) is 0 Å².